The average Bonchev–Trinajstić information content (AvgIpc) is 3.09. The summed E-state index contributed by atoms with van der Waals surface area (Å²) in [7, 11) is 0. The lowest BCUT2D eigenvalue weighted by Crippen LogP contribution is -2.44. The number of para-hydroxylation sites is 1. The third-order valence-corrected chi connectivity index (χ3v) is 4.37. The lowest BCUT2D eigenvalue weighted by atomic mass is 9.92. The maximum absolute atomic E-state index is 12.3. The molecule has 1 amide bonds. The van der Waals surface area contributed by atoms with Crippen LogP contribution in [0.1, 0.15) is 30.8 Å². The number of benzene rings is 1. The van der Waals surface area contributed by atoms with Crippen molar-refractivity contribution in [2.24, 2.45) is 11.8 Å². The van der Waals surface area contributed by atoms with E-state index < -0.39 is 5.97 Å². The second kappa shape index (κ2) is 7.51. The number of amides is 1. The molecule has 0 aliphatic carbocycles. The predicted octanol–water partition coefficient (Wildman–Crippen LogP) is 2.53. The number of aromatic nitrogens is 2. The number of carbonyl (C=O) groups excluding carboxylic acids is 2. The fourth-order valence-electron chi connectivity index (χ4n) is 3.32. The van der Waals surface area contributed by atoms with Crippen LogP contribution < -0.4 is 0 Å². The van der Waals surface area contributed by atoms with Gasteiger partial charge in [-0.1, -0.05) is 32.0 Å². The molecule has 1 fully saturated rings. The van der Waals surface area contributed by atoms with Crippen LogP contribution >= 0.6 is 0 Å². The molecule has 0 bridgehead atoms. The number of carbonyl (C=O) groups is 2. The van der Waals surface area contributed by atoms with Gasteiger partial charge >= 0.3 is 5.97 Å². The molecule has 1 aromatic carbocycles. The Kier molecular flexibility index (Phi) is 5.16. The number of hydrogen-bond acceptors (Lipinski definition) is 4. The number of piperidine rings is 1. The zero-order valence-corrected chi connectivity index (χ0v) is 14.6. The van der Waals surface area contributed by atoms with Gasteiger partial charge in [-0.2, -0.15) is 5.10 Å². The smallest absolute Gasteiger partial charge is 0.359 e. The lowest BCUT2D eigenvalue weighted by molar-refractivity contribution is -0.137. The van der Waals surface area contributed by atoms with Gasteiger partial charge in [0.15, 0.2) is 12.3 Å². The molecule has 2 heterocycles. The van der Waals surface area contributed by atoms with Crippen LogP contribution in [0.2, 0.25) is 0 Å². The first-order valence-corrected chi connectivity index (χ1v) is 8.59. The molecule has 1 aliphatic heterocycles. The summed E-state index contributed by atoms with van der Waals surface area (Å²) >= 11 is 0. The normalized spacial score (nSPS) is 20.3. The lowest BCUT2D eigenvalue weighted by Gasteiger charge is -2.34. The summed E-state index contributed by atoms with van der Waals surface area (Å²) in [5.41, 5.74) is 1.05. The van der Waals surface area contributed by atoms with Crippen molar-refractivity contribution >= 4 is 11.9 Å². The SMILES string of the molecule is C[C@@H]1C[C@@H](C)CN(C(=O)COC(=O)c2ccn(-c3ccccc3)n2)C1. The van der Waals surface area contributed by atoms with E-state index in [-0.39, 0.29) is 18.2 Å². The van der Waals surface area contributed by atoms with Gasteiger partial charge in [-0.15, -0.1) is 0 Å². The van der Waals surface area contributed by atoms with Crippen LogP contribution in [0.15, 0.2) is 42.6 Å². The highest BCUT2D eigenvalue weighted by atomic mass is 16.5. The minimum atomic E-state index is -0.582. The average molecular weight is 341 g/mol. The molecule has 0 spiro atoms. The van der Waals surface area contributed by atoms with E-state index in [1.165, 1.54) is 0 Å². The highest BCUT2D eigenvalue weighted by molar-refractivity contribution is 5.89. The second-order valence-corrected chi connectivity index (χ2v) is 6.80. The van der Waals surface area contributed by atoms with Gasteiger partial charge in [-0.3, -0.25) is 4.79 Å². The van der Waals surface area contributed by atoms with Crippen LogP contribution in [0.5, 0.6) is 0 Å². The van der Waals surface area contributed by atoms with Crippen LogP contribution in [-0.4, -0.2) is 46.3 Å². The zero-order valence-electron chi connectivity index (χ0n) is 14.6. The van der Waals surface area contributed by atoms with Crippen LogP contribution in [0, 0.1) is 11.8 Å². The highest BCUT2D eigenvalue weighted by Gasteiger charge is 2.26. The number of nitrogens with zero attached hydrogens (tertiary/aromatic N) is 3. The van der Waals surface area contributed by atoms with Crippen LogP contribution in [0.3, 0.4) is 0 Å². The first-order valence-electron chi connectivity index (χ1n) is 8.59. The largest absolute Gasteiger partial charge is 0.451 e. The van der Waals surface area contributed by atoms with Crippen molar-refractivity contribution in [2.75, 3.05) is 19.7 Å². The van der Waals surface area contributed by atoms with Crippen LogP contribution in [0.4, 0.5) is 0 Å². The van der Waals surface area contributed by atoms with Crippen LogP contribution in [-0.2, 0) is 9.53 Å². The Hall–Kier alpha value is -2.63. The van der Waals surface area contributed by atoms with Crippen molar-refractivity contribution in [1.29, 1.82) is 0 Å². The third kappa shape index (κ3) is 4.26. The molecule has 2 aromatic rings. The van der Waals surface area contributed by atoms with E-state index in [0.717, 1.165) is 25.2 Å². The van der Waals surface area contributed by atoms with Crippen molar-refractivity contribution in [2.45, 2.75) is 20.3 Å². The minimum absolute atomic E-state index is 0.144. The Bertz CT molecular complexity index is 731. The summed E-state index contributed by atoms with van der Waals surface area (Å²) in [4.78, 5) is 26.2. The van der Waals surface area contributed by atoms with E-state index in [2.05, 4.69) is 18.9 Å². The van der Waals surface area contributed by atoms with Crippen molar-refractivity contribution < 1.29 is 14.3 Å². The second-order valence-electron chi connectivity index (χ2n) is 6.80. The van der Waals surface area contributed by atoms with Gasteiger partial charge in [0.25, 0.3) is 5.91 Å². The third-order valence-electron chi connectivity index (χ3n) is 4.37. The first-order chi connectivity index (χ1) is 12.0. The molecule has 0 N–H and O–H groups in total. The Labute approximate surface area is 147 Å². The summed E-state index contributed by atoms with van der Waals surface area (Å²) in [5, 5.41) is 4.21. The van der Waals surface area contributed by atoms with Gasteiger partial charge in [0.2, 0.25) is 0 Å². The van der Waals surface area contributed by atoms with Crippen LogP contribution in [0.25, 0.3) is 5.69 Å². The Balaban J connectivity index is 1.56. The summed E-state index contributed by atoms with van der Waals surface area (Å²) in [6, 6.07) is 11.1. The molecule has 3 rings (SSSR count). The quantitative estimate of drug-likeness (QED) is 0.802. The van der Waals surface area contributed by atoms with Crippen molar-refractivity contribution in [1.82, 2.24) is 14.7 Å². The topological polar surface area (TPSA) is 64.4 Å². The molecular formula is C19H23N3O3. The highest BCUT2D eigenvalue weighted by Crippen LogP contribution is 2.21. The van der Waals surface area contributed by atoms with Gasteiger partial charge in [-0.05, 0) is 36.5 Å². The molecule has 6 heteroatoms. The van der Waals surface area contributed by atoms with E-state index in [4.69, 9.17) is 4.74 Å². The number of likely N-dealkylation sites (tertiary alicyclic amines) is 1. The van der Waals surface area contributed by atoms with Gasteiger partial charge in [0, 0.05) is 19.3 Å². The fraction of sp³-hybridized carbons (Fsp3) is 0.421. The van der Waals surface area contributed by atoms with Gasteiger partial charge in [0.05, 0.1) is 5.69 Å². The molecule has 0 radical (unpaired) electrons. The molecule has 1 saturated heterocycles. The summed E-state index contributed by atoms with van der Waals surface area (Å²) in [6.45, 7) is 5.49. The Morgan fingerprint density at radius 2 is 1.80 bits per heavy atom. The molecular weight excluding hydrogens is 318 g/mol. The number of ether oxygens (including phenoxy) is 1. The zero-order chi connectivity index (χ0) is 17.8. The maximum atomic E-state index is 12.3. The first kappa shape index (κ1) is 17.2. The van der Waals surface area contributed by atoms with E-state index >= 15 is 0 Å². The van der Waals surface area contributed by atoms with Crippen molar-refractivity contribution in [3.05, 3.63) is 48.3 Å². The summed E-state index contributed by atoms with van der Waals surface area (Å²) in [5.74, 6) is 0.227. The van der Waals surface area contributed by atoms with Gasteiger partial charge < -0.3 is 9.64 Å². The fourth-order valence-corrected chi connectivity index (χ4v) is 3.32. The summed E-state index contributed by atoms with van der Waals surface area (Å²) < 4.78 is 6.76. The molecule has 0 saturated carbocycles. The van der Waals surface area contributed by atoms with Crippen molar-refractivity contribution in [3.8, 4) is 5.69 Å². The molecule has 132 valence electrons. The number of hydrogen-bond donors (Lipinski definition) is 0. The Morgan fingerprint density at radius 1 is 1.12 bits per heavy atom. The number of esters is 1. The van der Waals surface area contributed by atoms with E-state index in [0.29, 0.717) is 11.8 Å². The molecule has 1 aromatic heterocycles. The predicted molar refractivity (Wildman–Crippen MR) is 93.4 cm³/mol. The number of rotatable bonds is 4. The molecule has 6 nitrogen and oxygen atoms in total. The molecule has 1 aliphatic rings. The van der Waals surface area contributed by atoms with E-state index in [1.807, 2.05) is 30.3 Å². The molecule has 25 heavy (non-hydrogen) atoms. The standard InChI is InChI=1S/C19H23N3O3/c1-14-10-15(2)12-21(11-14)18(23)13-25-19(24)17-8-9-22(20-17)16-6-4-3-5-7-16/h3-9,14-15H,10-13H2,1-2H3/t14-,15-/m1/s1. The van der Waals surface area contributed by atoms with Gasteiger partial charge in [0.1, 0.15) is 0 Å². The van der Waals surface area contributed by atoms with E-state index in [9.17, 15) is 9.59 Å². The minimum Gasteiger partial charge on any atom is -0.451 e. The van der Waals surface area contributed by atoms with Crippen molar-refractivity contribution in [3.63, 3.8) is 0 Å². The Morgan fingerprint density at radius 3 is 2.48 bits per heavy atom. The summed E-state index contributed by atoms with van der Waals surface area (Å²) in [6.07, 6.45) is 2.82. The van der Waals surface area contributed by atoms with E-state index in [1.54, 1.807) is 21.8 Å². The van der Waals surface area contributed by atoms with Gasteiger partial charge in [-0.25, -0.2) is 9.48 Å². The maximum Gasteiger partial charge on any atom is 0.359 e. The molecule has 2 atom stereocenters. The molecule has 0 unspecified atom stereocenters. The monoisotopic (exact) mass is 341 g/mol.